The normalized spacial score (nSPS) is 16.4. The molecule has 1 fully saturated rings. The number of amides is 1. The molecule has 0 atom stereocenters. The Morgan fingerprint density at radius 3 is 2.48 bits per heavy atom. The third-order valence-corrected chi connectivity index (χ3v) is 4.68. The van der Waals surface area contributed by atoms with E-state index in [2.05, 4.69) is 11.0 Å². The topological polar surface area (TPSA) is 58.8 Å². The highest BCUT2D eigenvalue weighted by molar-refractivity contribution is 7.99. The summed E-state index contributed by atoms with van der Waals surface area (Å²) in [5.74, 6) is 1.00. The van der Waals surface area contributed by atoms with Crippen LogP contribution in [0, 0.1) is 0 Å². The monoisotopic (exact) mass is 337 g/mol. The molecular formula is C17H27N3O2S. The van der Waals surface area contributed by atoms with Crippen LogP contribution in [-0.4, -0.2) is 60.0 Å². The molecule has 1 aliphatic rings. The minimum absolute atomic E-state index is 0.205. The van der Waals surface area contributed by atoms with Gasteiger partial charge in [0.05, 0.1) is 0 Å². The summed E-state index contributed by atoms with van der Waals surface area (Å²) in [4.78, 5) is 17.3. The van der Waals surface area contributed by atoms with Gasteiger partial charge in [0, 0.05) is 49.1 Å². The van der Waals surface area contributed by atoms with Crippen molar-refractivity contribution < 1.29 is 9.53 Å². The summed E-state index contributed by atoms with van der Waals surface area (Å²) in [5, 5.41) is 0. The zero-order valence-electron chi connectivity index (χ0n) is 14.2. The molecular weight excluding hydrogens is 310 g/mol. The molecule has 1 aromatic carbocycles. The van der Waals surface area contributed by atoms with E-state index in [1.54, 1.807) is 16.7 Å². The third-order valence-electron chi connectivity index (χ3n) is 3.61. The van der Waals surface area contributed by atoms with Crippen molar-refractivity contribution in [1.82, 2.24) is 9.80 Å². The highest BCUT2D eigenvalue weighted by Gasteiger charge is 2.25. The van der Waals surface area contributed by atoms with E-state index in [9.17, 15) is 4.79 Å². The minimum Gasteiger partial charge on any atom is -0.444 e. The first-order valence-electron chi connectivity index (χ1n) is 8.03. The Hall–Kier alpha value is -1.40. The number of thioether (sulfide) groups is 1. The van der Waals surface area contributed by atoms with Crippen LogP contribution in [0.4, 0.5) is 10.5 Å². The third kappa shape index (κ3) is 5.95. The second-order valence-electron chi connectivity index (χ2n) is 6.70. The molecule has 1 aliphatic heterocycles. The summed E-state index contributed by atoms with van der Waals surface area (Å²) in [6.45, 7) is 9.93. The van der Waals surface area contributed by atoms with Gasteiger partial charge >= 0.3 is 6.09 Å². The molecule has 0 unspecified atom stereocenters. The molecule has 2 rings (SSSR count). The molecule has 2 N–H and O–H groups in total. The number of anilines is 1. The predicted octanol–water partition coefficient (Wildman–Crippen LogP) is 2.91. The number of nitrogens with two attached hydrogens (primary N) is 1. The standard InChI is InChI=1S/C17H27N3O2S/c1-17(2,3)22-16(21)20-10-8-19(9-11-20)12-13-23-15-7-5-4-6-14(15)18/h4-7H,8-13,18H2,1-3H3. The van der Waals surface area contributed by atoms with Crippen LogP contribution in [0.1, 0.15) is 20.8 Å². The van der Waals surface area contributed by atoms with Crippen LogP contribution in [0.2, 0.25) is 0 Å². The van der Waals surface area contributed by atoms with Crippen LogP contribution in [0.15, 0.2) is 29.2 Å². The SMILES string of the molecule is CC(C)(C)OC(=O)N1CCN(CCSc2ccccc2N)CC1. The van der Waals surface area contributed by atoms with Crippen LogP contribution in [0.3, 0.4) is 0 Å². The molecule has 23 heavy (non-hydrogen) atoms. The molecule has 128 valence electrons. The second kappa shape index (κ2) is 7.93. The first-order valence-corrected chi connectivity index (χ1v) is 9.01. The summed E-state index contributed by atoms with van der Waals surface area (Å²) < 4.78 is 5.42. The molecule has 0 aromatic heterocycles. The maximum absolute atomic E-state index is 12.0. The lowest BCUT2D eigenvalue weighted by Gasteiger charge is -2.35. The van der Waals surface area contributed by atoms with Crippen molar-refractivity contribution in [1.29, 1.82) is 0 Å². The molecule has 0 bridgehead atoms. The van der Waals surface area contributed by atoms with Gasteiger partial charge in [-0.1, -0.05) is 12.1 Å². The fourth-order valence-corrected chi connectivity index (χ4v) is 3.36. The molecule has 5 nitrogen and oxygen atoms in total. The Bertz CT molecular complexity index is 523. The molecule has 0 saturated carbocycles. The Balaban J connectivity index is 1.69. The number of carbonyl (C=O) groups is 1. The number of piperazine rings is 1. The van der Waals surface area contributed by atoms with Gasteiger partial charge in [-0.15, -0.1) is 11.8 Å². The number of hydrogen-bond acceptors (Lipinski definition) is 5. The highest BCUT2D eigenvalue weighted by Crippen LogP contribution is 2.24. The number of benzene rings is 1. The molecule has 0 aliphatic carbocycles. The van der Waals surface area contributed by atoms with Gasteiger partial charge < -0.3 is 15.4 Å². The van der Waals surface area contributed by atoms with Crippen LogP contribution in [0.5, 0.6) is 0 Å². The number of para-hydroxylation sites is 1. The molecule has 1 amide bonds. The lowest BCUT2D eigenvalue weighted by atomic mass is 10.2. The summed E-state index contributed by atoms with van der Waals surface area (Å²) in [6.07, 6.45) is -0.205. The Morgan fingerprint density at radius 2 is 1.87 bits per heavy atom. The summed E-state index contributed by atoms with van der Waals surface area (Å²) in [6, 6.07) is 7.95. The maximum Gasteiger partial charge on any atom is 0.410 e. The van der Waals surface area contributed by atoms with Crippen molar-refractivity contribution in [3.05, 3.63) is 24.3 Å². The lowest BCUT2D eigenvalue weighted by Crippen LogP contribution is -2.50. The smallest absolute Gasteiger partial charge is 0.410 e. The van der Waals surface area contributed by atoms with Crippen LogP contribution < -0.4 is 5.73 Å². The van der Waals surface area contributed by atoms with Crippen molar-refractivity contribution in [3.63, 3.8) is 0 Å². The Kier molecular flexibility index (Phi) is 6.18. The average Bonchev–Trinajstić information content (AvgIpc) is 2.48. The Labute approximate surface area is 143 Å². The zero-order chi connectivity index (χ0) is 16.9. The van der Waals surface area contributed by atoms with E-state index in [-0.39, 0.29) is 6.09 Å². The Morgan fingerprint density at radius 1 is 1.22 bits per heavy atom. The summed E-state index contributed by atoms with van der Waals surface area (Å²) in [5.41, 5.74) is 6.36. The van der Waals surface area contributed by atoms with Gasteiger partial charge in [0.2, 0.25) is 0 Å². The molecule has 6 heteroatoms. The minimum atomic E-state index is -0.430. The van der Waals surface area contributed by atoms with Gasteiger partial charge in [-0.3, -0.25) is 4.90 Å². The van der Waals surface area contributed by atoms with E-state index in [0.717, 1.165) is 49.1 Å². The van der Waals surface area contributed by atoms with Crippen LogP contribution in [0.25, 0.3) is 0 Å². The number of carbonyl (C=O) groups excluding carboxylic acids is 1. The highest BCUT2D eigenvalue weighted by atomic mass is 32.2. The van der Waals surface area contributed by atoms with Gasteiger partial charge in [0.1, 0.15) is 5.60 Å². The molecule has 1 aromatic rings. The summed E-state index contributed by atoms with van der Waals surface area (Å²) in [7, 11) is 0. The fraction of sp³-hybridized carbons (Fsp3) is 0.588. The fourth-order valence-electron chi connectivity index (χ4n) is 2.38. The molecule has 1 saturated heterocycles. The van der Waals surface area contributed by atoms with Gasteiger partial charge in [-0.25, -0.2) is 4.79 Å². The van der Waals surface area contributed by atoms with Gasteiger partial charge in [-0.05, 0) is 32.9 Å². The quantitative estimate of drug-likeness (QED) is 0.676. The predicted molar refractivity (Wildman–Crippen MR) is 95.8 cm³/mol. The number of hydrogen-bond donors (Lipinski definition) is 1. The van der Waals surface area contributed by atoms with E-state index in [1.165, 1.54) is 0 Å². The largest absolute Gasteiger partial charge is 0.444 e. The van der Waals surface area contributed by atoms with Crippen molar-refractivity contribution >= 4 is 23.5 Å². The van der Waals surface area contributed by atoms with Crippen molar-refractivity contribution in [2.75, 3.05) is 44.2 Å². The van der Waals surface area contributed by atoms with Gasteiger partial charge in [0.25, 0.3) is 0 Å². The van der Waals surface area contributed by atoms with Crippen LogP contribution in [-0.2, 0) is 4.74 Å². The maximum atomic E-state index is 12.0. The first-order chi connectivity index (χ1) is 10.8. The number of nitrogens with zero attached hydrogens (tertiary/aromatic N) is 2. The van der Waals surface area contributed by atoms with Crippen molar-refractivity contribution in [2.24, 2.45) is 0 Å². The van der Waals surface area contributed by atoms with E-state index >= 15 is 0 Å². The van der Waals surface area contributed by atoms with E-state index in [4.69, 9.17) is 10.5 Å². The number of nitrogen functional groups attached to an aromatic ring is 1. The molecule has 0 radical (unpaired) electrons. The second-order valence-corrected chi connectivity index (χ2v) is 7.83. The van der Waals surface area contributed by atoms with E-state index in [1.807, 2.05) is 39.0 Å². The van der Waals surface area contributed by atoms with E-state index < -0.39 is 5.60 Å². The zero-order valence-corrected chi connectivity index (χ0v) is 15.1. The number of ether oxygens (including phenoxy) is 1. The summed E-state index contributed by atoms with van der Waals surface area (Å²) >= 11 is 1.78. The van der Waals surface area contributed by atoms with Gasteiger partial charge in [-0.2, -0.15) is 0 Å². The lowest BCUT2D eigenvalue weighted by molar-refractivity contribution is 0.0150. The van der Waals surface area contributed by atoms with Crippen molar-refractivity contribution in [3.8, 4) is 0 Å². The molecule has 1 heterocycles. The molecule has 0 spiro atoms. The van der Waals surface area contributed by atoms with Gasteiger partial charge in [0.15, 0.2) is 0 Å². The number of rotatable bonds is 4. The first kappa shape index (κ1) is 17.9. The van der Waals surface area contributed by atoms with E-state index in [0.29, 0.717) is 0 Å². The average molecular weight is 337 g/mol. The van der Waals surface area contributed by atoms with Crippen molar-refractivity contribution in [2.45, 2.75) is 31.3 Å². The van der Waals surface area contributed by atoms with Crippen LogP contribution >= 0.6 is 11.8 Å².